The molecular weight excluding hydrogens is 236 g/mol. The quantitative estimate of drug-likeness (QED) is 0.811. The lowest BCUT2D eigenvalue weighted by Gasteiger charge is -2.18. The molecule has 0 unspecified atom stereocenters. The summed E-state index contributed by atoms with van der Waals surface area (Å²) in [7, 11) is 1.57. The van der Waals surface area contributed by atoms with E-state index < -0.39 is 11.6 Å². The maximum atomic E-state index is 13.6. The Labute approximate surface area is 106 Å². The fourth-order valence-corrected chi connectivity index (χ4v) is 2.36. The highest BCUT2D eigenvalue weighted by molar-refractivity contribution is 5.47. The van der Waals surface area contributed by atoms with Gasteiger partial charge in [0.1, 0.15) is 0 Å². The molecule has 0 atom stereocenters. The molecule has 0 saturated heterocycles. The van der Waals surface area contributed by atoms with E-state index in [1.165, 1.54) is 12.8 Å². The van der Waals surface area contributed by atoms with Gasteiger partial charge in [-0.1, -0.05) is 25.7 Å². The zero-order chi connectivity index (χ0) is 13.0. The largest absolute Gasteiger partial charge is 0.371 e. The molecule has 3 nitrogen and oxygen atoms in total. The van der Waals surface area contributed by atoms with Crippen molar-refractivity contribution in [1.29, 1.82) is 0 Å². The van der Waals surface area contributed by atoms with Crippen molar-refractivity contribution in [3.8, 4) is 0 Å². The summed E-state index contributed by atoms with van der Waals surface area (Å²) in [5.74, 6) is -1.07. The third-order valence-electron chi connectivity index (χ3n) is 3.36. The van der Waals surface area contributed by atoms with E-state index in [1.54, 1.807) is 7.05 Å². The number of halogens is 2. The van der Waals surface area contributed by atoms with E-state index in [-0.39, 0.29) is 17.7 Å². The lowest BCUT2D eigenvalue weighted by molar-refractivity contribution is 0.566. The summed E-state index contributed by atoms with van der Waals surface area (Å²) in [6, 6.07) is 1.11. The zero-order valence-corrected chi connectivity index (χ0v) is 10.6. The lowest BCUT2D eigenvalue weighted by Crippen LogP contribution is -2.20. The van der Waals surface area contributed by atoms with Gasteiger partial charge >= 0.3 is 0 Å². The molecule has 2 rings (SSSR count). The van der Waals surface area contributed by atoms with E-state index in [0.717, 1.165) is 31.7 Å². The maximum absolute atomic E-state index is 13.6. The molecule has 1 saturated carbocycles. The first-order valence-electron chi connectivity index (χ1n) is 6.51. The van der Waals surface area contributed by atoms with Gasteiger partial charge in [0.15, 0.2) is 23.3 Å². The number of aromatic nitrogens is 1. The molecule has 1 heterocycles. The summed E-state index contributed by atoms with van der Waals surface area (Å²) in [5.41, 5.74) is 0. The van der Waals surface area contributed by atoms with Gasteiger partial charge in [-0.05, 0) is 12.8 Å². The minimum atomic E-state index is -0.665. The van der Waals surface area contributed by atoms with Crippen molar-refractivity contribution in [1.82, 2.24) is 4.98 Å². The van der Waals surface area contributed by atoms with Gasteiger partial charge in [-0.25, -0.2) is 13.8 Å². The Morgan fingerprint density at radius 1 is 1.06 bits per heavy atom. The number of hydrogen-bond acceptors (Lipinski definition) is 3. The van der Waals surface area contributed by atoms with Crippen LogP contribution in [0.15, 0.2) is 6.07 Å². The Morgan fingerprint density at radius 3 is 2.28 bits per heavy atom. The van der Waals surface area contributed by atoms with Crippen LogP contribution in [0.4, 0.5) is 20.4 Å². The first-order valence-corrected chi connectivity index (χ1v) is 6.51. The average Bonchev–Trinajstić information content (AvgIpc) is 2.61. The Bertz CT molecular complexity index is 401. The maximum Gasteiger partial charge on any atom is 0.168 e. The van der Waals surface area contributed by atoms with Crippen LogP contribution in [0.3, 0.4) is 0 Å². The molecule has 1 aromatic heterocycles. The average molecular weight is 255 g/mol. The van der Waals surface area contributed by atoms with Crippen molar-refractivity contribution in [2.24, 2.45) is 0 Å². The molecule has 1 aliphatic carbocycles. The van der Waals surface area contributed by atoms with Crippen LogP contribution in [0, 0.1) is 11.6 Å². The summed E-state index contributed by atoms with van der Waals surface area (Å²) in [5, 5.41) is 5.72. The SMILES string of the molecule is CNc1nc(NC2CCCCCC2)c(F)cc1F. The van der Waals surface area contributed by atoms with Crippen LogP contribution in [0.2, 0.25) is 0 Å². The monoisotopic (exact) mass is 255 g/mol. The normalized spacial score (nSPS) is 17.3. The third-order valence-corrected chi connectivity index (χ3v) is 3.36. The van der Waals surface area contributed by atoms with Crippen molar-refractivity contribution >= 4 is 11.6 Å². The Morgan fingerprint density at radius 2 is 1.67 bits per heavy atom. The van der Waals surface area contributed by atoms with Crippen LogP contribution in [0.1, 0.15) is 38.5 Å². The number of nitrogens with one attached hydrogen (secondary N) is 2. The molecule has 2 N–H and O–H groups in total. The van der Waals surface area contributed by atoms with Crippen LogP contribution in [0.25, 0.3) is 0 Å². The van der Waals surface area contributed by atoms with Crippen LogP contribution >= 0.6 is 0 Å². The van der Waals surface area contributed by atoms with Crippen LogP contribution < -0.4 is 10.6 Å². The van der Waals surface area contributed by atoms with Gasteiger partial charge in [-0.2, -0.15) is 0 Å². The van der Waals surface area contributed by atoms with E-state index in [9.17, 15) is 8.78 Å². The number of hydrogen-bond donors (Lipinski definition) is 2. The van der Waals surface area contributed by atoms with Crippen LogP contribution in [0.5, 0.6) is 0 Å². The van der Waals surface area contributed by atoms with Gasteiger partial charge in [0, 0.05) is 19.2 Å². The molecule has 0 spiro atoms. The molecule has 100 valence electrons. The smallest absolute Gasteiger partial charge is 0.168 e. The van der Waals surface area contributed by atoms with E-state index in [1.807, 2.05) is 0 Å². The first-order chi connectivity index (χ1) is 8.70. The standard InChI is InChI=1S/C13H19F2N3/c1-16-12-10(14)8-11(15)13(18-12)17-9-6-4-2-3-5-7-9/h8-9H,2-7H2,1H3,(H2,16,17,18). The first kappa shape index (κ1) is 13.1. The van der Waals surface area contributed by atoms with Crippen molar-refractivity contribution in [2.45, 2.75) is 44.6 Å². The van der Waals surface area contributed by atoms with Crippen LogP contribution in [-0.2, 0) is 0 Å². The minimum Gasteiger partial charge on any atom is -0.371 e. The molecule has 1 aromatic rings. The van der Waals surface area contributed by atoms with Crippen molar-refractivity contribution in [2.75, 3.05) is 17.7 Å². The van der Waals surface area contributed by atoms with Crippen molar-refractivity contribution < 1.29 is 8.78 Å². The predicted molar refractivity (Wildman–Crippen MR) is 68.8 cm³/mol. The Kier molecular flexibility index (Phi) is 4.33. The van der Waals surface area contributed by atoms with Gasteiger partial charge in [-0.15, -0.1) is 0 Å². The van der Waals surface area contributed by atoms with E-state index in [4.69, 9.17) is 0 Å². The zero-order valence-electron chi connectivity index (χ0n) is 10.6. The predicted octanol–water partition coefficient (Wildman–Crippen LogP) is 3.54. The number of rotatable bonds is 3. The molecule has 1 fully saturated rings. The summed E-state index contributed by atoms with van der Waals surface area (Å²) >= 11 is 0. The highest BCUT2D eigenvalue weighted by atomic mass is 19.1. The van der Waals surface area contributed by atoms with E-state index in [2.05, 4.69) is 15.6 Å². The Hall–Kier alpha value is -1.39. The number of nitrogens with zero attached hydrogens (tertiary/aromatic N) is 1. The van der Waals surface area contributed by atoms with Gasteiger partial charge < -0.3 is 10.6 Å². The summed E-state index contributed by atoms with van der Waals surface area (Å²) in [4.78, 5) is 3.94. The second-order valence-corrected chi connectivity index (χ2v) is 4.73. The molecule has 0 amide bonds. The van der Waals surface area contributed by atoms with Gasteiger partial charge in [0.25, 0.3) is 0 Å². The molecule has 0 radical (unpaired) electrons. The molecule has 5 heteroatoms. The fourth-order valence-electron chi connectivity index (χ4n) is 2.36. The molecule has 18 heavy (non-hydrogen) atoms. The highest BCUT2D eigenvalue weighted by Gasteiger charge is 2.16. The van der Waals surface area contributed by atoms with Crippen molar-refractivity contribution in [3.05, 3.63) is 17.7 Å². The molecular formula is C13H19F2N3. The summed E-state index contributed by atoms with van der Waals surface area (Å²) in [6.07, 6.45) is 6.82. The topological polar surface area (TPSA) is 37.0 Å². The van der Waals surface area contributed by atoms with E-state index >= 15 is 0 Å². The molecule has 0 aromatic carbocycles. The van der Waals surface area contributed by atoms with Crippen LogP contribution in [-0.4, -0.2) is 18.1 Å². The highest BCUT2D eigenvalue weighted by Crippen LogP contribution is 2.23. The lowest BCUT2D eigenvalue weighted by atomic mass is 10.1. The second kappa shape index (κ2) is 5.98. The third kappa shape index (κ3) is 3.09. The number of anilines is 2. The van der Waals surface area contributed by atoms with E-state index in [0.29, 0.717) is 0 Å². The van der Waals surface area contributed by atoms with Gasteiger partial charge in [-0.3, -0.25) is 0 Å². The van der Waals surface area contributed by atoms with Gasteiger partial charge in [0.2, 0.25) is 0 Å². The summed E-state index contributed by atoms with van der Waals surface area (Å²) in [6.45, 7) is 0. The number of pyridine rings is 1. The Balaban J connectivity index is 2.12. The second-order valence-electron chi connectivity index (χ2n) is 4.73. The minimum absolute atomic E-state index is 0.0764. The molecule has 0 aliphatic heterocycles. The van der Waals surface area contributed by atoms with Gasteiger partial charge in [0.05, 0.1) is 0 Å². The fraction of sp³-hybridized carbons (Fsp3) is 0.615. The summed E-state index contributed by atoms with van der Waals surface area (Å²) < 4.78 is 26.9. The van der Waals surface area contributed by atoms with Crippen molar-refractivity contribution in [3.63, 3.8) is 0 Å². The molecule has 0 bridgehead atoms. The molecule has 1 aliphatic rings.